The molecule has 0 aliphatic heterocycles. The van der Waals surface area contributed by atoms with Crippen LogP contribution in [0.1, 0.15) is 71.4 Å². The molecule has 0 spiro atoms. The van der Waals surface area contributed by atoms with Gasteiger partial charge in [0.05, 0.1) is 4.88 Å². The summed E-state index contributed by atoms with van der Waals surface area (Å²) >= 11 is 3.13. The molecule has 1 fully saturated rings. The van der Waals surface area contributed by atoms with Crippen LogP contribution in [0.5, 0.6) is 0 Å². The summed E-state index contributed by atoms with van der Waals surface area (Å²) in [7, 11) is 0. The Kier molecular flexibility index (Phi) is 7.67. The molecule has 1 aliphatic rings. The maximum atomic E-state index is 12.1. The van der Waals surface area contributed by atoms with Gasteiger partial charge >= 0.3 is 0 Å². The third-order valence-electron chi connectivity index (χ3n) is 5.10. The lowest BCUT2D eigenvalue weighted by atomic mass is 10.2. The largest absolute Gasteiger partial charge is 0.356 e. The van der Waals surface area contributed by atoms with Crippen LogP contribution in [-0.2, 0) is 11.2 Å². The van der Waals surface area contributed by atoms with E-state index in [1.165, 1.54) is 37.0 Å². The quantitative estimate of drug-likeness (QED) is 0.354. The number of amides is 1. The van der Waals surface area contributed by atoms with Crippen molar-refractivity contribution in [2.75, 3.05) is 12.8 Å². The fourth-order valence-corrected chi connectivity index (χ4v) is 5.05. The molecule has 6 nitrogen and oxygen atoms in total. The molecule has 0 saturated heterocycles. The number of aromatic nitrogens is 3. The van der Waals surface area contributed by atoms with Gasteiger partial charge in [-0.15, -0.1) is 21.5 Å². The minimum absolute atomic E-state index is 0.0440. The summed E-state index contributed by atoms with van der Waals surface area (Å²) < 4.78 is 2.31. The van der Waals surface area contributed by atoms with E-state index in [4.69, 9.17) is 0 Å². The lowest BCUT2D eigenvalue weighted by Crippen LogP contribution is -2.25. The molecule has 152 valence electrons. The van der Waals surface area contributed by atoms with Crippen molar-refractivity contribution >= 4 is 34.8 Å². The van der Waals surface area contributed by atoms with Crippen molar-refractivity contribution in [2.24, 2.45) is 0 Å². The molecule has 1 amide bonds. The van der Waals surface area contributed by atoms with E-state index in [-0.39, 0.29) is 24.5 Å². The first-order valence-electron chi connectivity index (χ1n) is 9.92. The molecule has 0 bridgehead atoms. The Morgan fingerprint density at radius 1 is 1.25 bits per heavy atom. The van der Waals surface area contributed by atoms with E-state index in [9.17, 15) is 9.59 Å². The first kappa shape index (κ1) is 21.0. The van der Waals surface area contributed by atoms with Crippen LogP contribution in [0.4, 0.5) is 0 Å². The number of aryl methyl sites for hydroxylation is 2. The summed E-state index contributed by atoms with van der Waals surface area (Å²) in [6, 6.07) is 4.29. The van der Waals surface area contributed by atoms with Gasteiger partial charge in [-0.25, -0.2) is 0 Å². The van der Waals surface area contributed by atoms with Crippen LogP contribution >= 0.6 is 23.1 Å². The van der Waals surface area contributed by atoms with Crippen LogP contribution in [0.3, 0.4) is 0 Å². The van der Waals surface area contributed by atoms with Crippen LogP contribution in [0.15, 0.2) is 17.3 Å². The molecular weight excluding hydrogens is 392 g/mol. The molecule has 0 atom stereocenters. The van der Waals surface area contributed by atoms with Crippen LogP contribution < -0.4 is 5.32 Å². The summed E-state index contributed by atoms with van der Waals surface area (Å²) in [5.41, 5.74) is 0. The fourth-order valence-electron chi connectivity index (χ4n) is 3.64. The third-order valence-corrected chi connectivity index (χ3v) is 6.79. The van der Waals surface area contributed by atoms with Crippen molar-refractivity contribution < 1.29 is 9.59 Å². The van der Waals surface area contributed by atoms with E-state index < -0.39 is 0 Å². The Labute approximate surface area is 174 Å². The SMILES string of the molecule is CSc1nnc(CCCNC(=O)CCC(=O)c2ccc(C)s2)n1C1CCCC1. The zero-order valence-electron chi connectivity index (χ0n) is 16.6. The molecule has 1 N–H and O–H groups in total. The molecule has 1 saturated carbocycles. The molecule has 1 aliphatic carbocycles. The molecule has 2 aromatic rings. The second-order valence-corrected chi connectivity index (χ2v) is 9.26. The molecule has 2 aromatic heterocycles. The predicted octanol–water partition coefficient (Wildman–Crippen LogP) is 4.20. The molecular formula is C20H28N4O2S2. The number of thioether (sulfide) groups is 1. The highest BCUT2D eigenvalue weighted by atomic mass is 32.2. The van der Waals surface area contributed by atoms with Gasteiger partial charge in [0.2, 0.25) is 5.91 Å². The van der Waals surface area contributed by atoms with Crippen molar-refractivity contribution in [3.8, 4) is 0 Å². The van der Waals surface area contributed by atoms with Gasteiger partial charge in [-0.05, 0) is 44.6 Å². The number of thiophene rings is 1. The smallest absolute Gasteiger partial charge is 0.220 e. The van der Waals surface area contributed by atoms with Gasteiger partial charge in [-0.3, -0.25) is 9.59 Å². The molecule has 8 heteroatoms. The number of nitrogens with one attached hydrogen (secondary N) is 1. The van der Waals surface area contributed by atoms with Gasteiger partial charge in [0.1, 0.15) is 5.82 Å². The average Bonchev–Trinajstić information content (AvgIpc) is 3.43. The van der Waals surface area contributed by atoms with Crippen molar-refractivity contribution in [2.45, 2.75) is 69.5 Å². The highest BCUT2D eigenvalue weighted by Crippen LogP contribution is 2.33. The van der Waals surface area contributed by atoms with E-state index in [0.29, 0.717) is 12.6 Å². The lowest BCUT2D eigenvalue weighted by Gasteiger charge is -2.16. The Hall–Kier alpha value is -1.67. The maximum Gasteiger partial charge on any atom is 0.220 e. The number of hydrogen-bond acceptors (Lipinski definition) is 6. The predicted molar refractivity (Wildman–Crippen MR) is 113 cm³/mol. The van der Waals surface area contributed by atoms with Crippen molar-refractivity contribution in [3.63, 3.8) is 0 Å². The summed E-state index contributed by atoms with van der Waals surface area (Å²) in [5, 5.41) is 12.6. The Morgan fingerprint density at radius 3 is 2.71 bits per heavy atom. The topological polar surface area (TPSA) is 76.9 Å². The molecule has 28 heavy (non-hydrogen) atoms. The van der Waals surface area contributed by atoms with Crippen LogP contribution in [0, 0.1) is 6.92 Å². The number of nitrogens with zero attached hydrogens (tertiary/aromatic N) is 3. The Balaban J connectivity index is 1.40. The van der Waals surface area contributed by atoms with E-state index in [2.05, 4.69) is 20.1 Å². The number of ketones is 1. The normalized spacial score (nSPS) is 14.5. The van der Waals surface area contributed by atoms with Crippen LogP contribution in [-0.4, -0.2) is 39.3 Å². The number of carbonyl (C=O) groups is 2. The number of carbonyl (C=O) groups excluding carboxylic acids is 2. The summed E-state index contributed by atoms with van der Waals surface area (Å²) in [5.74, 6) is 1.000. The van der Waals surface area contributed by atoms with Crippen LogP contribution in [0.2, 0.25) is 0 Å². The first-order chi connectivity index (χ1) is 13.6. The summed E-state index contributed by atoms with van der Waals surface area (Å²) in [6.45, 7) is 2.57. The molecule has 0 aromatic carbocycles. The lowest BCUT2D eigenvalue weighted by molar-refractivity contribution is -0.121. The average molecular weight is 421 g/mol. The van der Waals surface area contributed by atoms with E-state index in [1.807, 2.05) is 25.3 Å². The van der Waals surface area contributed by atoms with Gasteiger partial charge in [0.25, 0.3) is 0 Å². The van der Waals surface area contributed by atoms with E-state index in [0.717, 1.165) is 33.6 Å². The maximum absolute atomic E-state index is 12.1. The minimum Gasteiger partial charge on any atom is -0.356 e. The highest BCUT2D eigenvalue weighted by Gasteiger charge is 2.23. The highest BCUT2D eigenvalue weighted by molar-refractivity contribution is 7.98. The van der Waals surface area contributed by atoms with E-state index in [1.54, 1.807) is 11.8 Å². The molecule has 3 rings (SSSR count). The zero-order chi connectivity index (χ0) is 19.9. The Bertz CT molecular complexity index is 809. The van der Waals surface area contributed by atoms with Crippen molar-refractivity contribution in [3.05, 3.63) is 27.7 Å². The second kappa shape index (κ2) is 10.2. The number of Topliss-reactive ketones (excluding diaryl/α,β-unsaturated/α-hetero) is 1. The van der Waals surface area contributed by atoms with Gasteiger partial charge < -0.3 is 9.88 Å². The summed E-state index contributed by atoms with van der Waals surface area (Å²) in [4.78, 5) is 26.0. The van der Waals surface area contributed by atoms with Crippen molar-refractivity contribution in [1.82, 2.24) is 20.1 Å². The molecule has 2 heterocycles. The zero-order valence-corrected chi connectivity index (χ0v) is 18.2. The molecule has 0 unspecified atom stereocenters. The van der Waals surface area contributed by atoms with Gasteiger partial charge in [-0.1, -0.05) is 24.6 Å². The van der Waals surface area contributed by atoms with E-state index >= 15 is 0 Å². The monoisotopic (exact) mass is 420 g/mol. The first-order valence-corrected chi connectivity index (χ1v) is 12.0. The molecule has 0 radical (unpaired) electrons. The fraction of sp³-hybridized carbons (Fsp3) is 0.600. The Morgan fingerprint density at radius 2 is 2.04 bits per heavy atom. The third kappa shape index (κ3) is 5.44. The number of hydrogen-bond donors (Lipinski definition) is 1. The summed E-state index contributed by atoms with van der Waals surface area (Å²) in [6.07, 6.45) is 9.12. The second-order valence-electron chi connectivity index (χ2n) is 7.20. The van der Waals surface area contributed by atoms with Crippen LogP contribution in [0.25, 0.3) is 0 Å². The van der Waals surface area contributed by atoms with Gasteiger partial charge in [0, 0.05) is 36.7 Å². The van der Waals surface area contributed by atoms with Crippen molar-refractivity contribution in [1.29, 1.82) is 0 Å². The van der Waals surface area contributed by atoms with Gasteiger partial charge in [-0.2, -0.15) is 0 Å². The number of rotatable bonds is 10. The standard InChI is InChI=1S/C20H28N4O2S2/c1-14-9-11-17(28-14)16(25)10-12-19(26)21-13-5-8-18-22-23-20(27-2)24(18)15-6-3-4-7-15/h9,11,15H,3-8,10,12-13H2,1-2H3,(H,21,26). The minimum atomic E-state index is -0.0660. The van der Waals surface area contributed by atoms with Gasteiger partial charge in [0.15, 0.2) is 10.9 Å².